The molecule has 0 spiro atoms. The summed E-state index contributed by atoms with van der Waals surface area (Å²) in [6, 6.07) is 13.6. The van der Waals surface area contributed by atoms with Gasteiger partial charge in [0.25, 0.3) is 0 Å². The zero-order valence-electron chi connectivity index (χ0n) is 17.3. The maximum atomic E-state index is 11.9. The molecule has 29 heavy (non-hydrogen) atoms. The minimum absolute atomic E-state index is 0.110. The van der Waals surface area contributed by atoms with E-state index < -0.39 is 0 Å². The number of unbranched alkanes of at least 4 members (excludes halogenated alkanes) is 1. The number of pyridine rings is 1. The van der Waals surface area contributed by atoms with Crippen LogP contribution in [-0.4, -0.2) is 39.1 Å². The number of rotatable bonds is 8. The largest absolute Gasteiger partial charge is 0.396 e. The summed E-state index contributed by atoms with van der Waals surface area (Å²) < 4.78 is 1.89. The number of amides is 2. The normalized spacial score (nSPS) is 10.3. The summed E-state index contributed by atoms with van der Waals surface area (Å²) >= 11 is 0. The second-order valence-corrected chi connectivity index (χ2v) is 6.57. The molecule has 7 nitrogen and oxygen atoms in total. The van der Waals surface area contributed by atoms with Crippen molar-refractivity contribution in [1.82, 2.24) is 20.1 Å². The van der Waals surface area contributed by atoms with Crippen LogP contribution in [-0.2, 0) is 13.0 Å². The molecule has 0 saturated carbocycles. The van der Waals surface area contributed by atoms with Crippen molar-refractivity contribution in [2.45, 2.75) is 46.1 Å². The lowest BCUT2D eigenvalue weighted by molar-refractivity contribution is 0.252. The van der Waals surface area contributed by atoms with E-state index in [1.54, 1.807) is 6.20 Å². The molecule has 2 aromatic heterocycles. The standard InChI is InChI=1S/C16H25N5O2.C6H6/c1-3-5-8-17-16(23)20-14-10-12-11-18-21(4-2)15(12)13(19-14)7-6-9-22;1-2-4-6-5-3-1/h10-11,22H,3-9H2,1-2H3,(H2,17,19,20,23);1-6H. The van der Waals surface area contributed by atoms with E-state index in [4.69, 9.17) is 5.11 Å². The summed E-state index contributed by atoms with van der Waals surface area (Å²) in [6.45, 7) is 5.61. The van der Waals surface area contributed by atoms with Gasteiger partial charge in [0.1, 0.15) is 5.82 Å². The summed E-state index contributed by atoms with van der Waals surface area (Å²) in [7, 11) is 0. The molecule has 0 saturated heterocycles. The van der Waals surface area contributed by atoms with Crippen LogP contribution in [0.3, 0.4) is 0 Å². The van der Waals surface area contributed by atoms with E-state index in [9.17, 15) is 4.79 Å². The highest BCUT2D eigenvalue weighted by Gasteiger charge is 2.12. The van der Waals surface area contributed by atoms with Crippen molar-refractivity contribution in [3.63, 3.8) is 0 Å². The van der Waals surface area contributed by atoms with Crippen molar-refractivity contribution in [3.8, 4) is 0 Å². The fraction of sp³-hybridized carbons (Fsp3) is 0.409. The number of aromatic nitrogens is 3. The van der Waals surface area contributed by atoms with Gasteiger partial charge in [-0.1, -0.05) is 49.7 Å². The van der Waals surface area contributed by atoms with Crippen molar-refractivity contribution in [2.75, 3.05) is 18.5 Å². The number of hydrogen-bond acceptors (Lipinski definition) is 4. The second kappa shape index (κ2) is 12.5. The highest BCUT2D eigenvalue weighted by atomic mass is 16.3. The quantitative estimate of drug-likeness (QED) is 0.501. The van der Waals surface area contributed by atoms with Gasteiger partial charge in [0.2, 0.25) is 0 Å². The number of aryl methyl sites for hydroxylation is 2. The molecular weight excluding hydrogens is 366 g/mol. The van der Waals surface area contributed by atoms with Crippen LogP contribution in [0.5, 0.6) is 0 Å². The second-order valence-electron chi connectivity index (χ2n) is 6.57. The first-order valence-corrected chi connectivity index (χ1v) is 10.2. The lowest BCUT2D eigenvalue weighted by atomic mass is 10.1. The van der Waals surface area contributed by atoms with Crippen LogP contribution in [0.1, 0.15) is 38.8 Å². The number of anilines is 1. The molecule has 156 valence electrons. The Labute approximate surface area is 172 Å². The third kappa shape index (κ3) is 7.19. The van der Waals surface area contributed by atoms with Gasteiger partial charge in [-0.05, 0) is 32.3 Å². The SMILES string of the molecule is CCCCNC(=O)Nc1cc2cnn(CC)c2c(CCCO)n1.c1ccccc1. The highest BCUT2D eigenvalue weighted by molar-refractivity contribution is 5.91. The summed E-state index contributed by atoms with van der Waals surface area (Å²) in [4.78, 5) is 16.4. The Kier molecular flexibility index (Phi) is 9.65. The molecule has 0 atom stereocenters. The smallest absolute Gasteiger partial charge is 0.320 e. The number of nitrogens with zero attached hydrogens (tertiary/aromatic N) is 3. The number of aliphatic hydroxyl groups excluding tert-OH is 1. The summed E-state index contributed by atoms with van der Waals surface area (Å²) in [5.74, 6) is 0.509. The lowest BCUT2D eigenvalue weighted by Crippen LogP contribution is -2.29. The van der Waals surface area contributed by atoms with Gasteiger partial charge >= 0.3 is 6.03 Å². The van der Waals surface area contributed by atoms with Crippen LogP contribution < -0.4 is 10.6 Å². The Morgan fingerprint density at radius 3 is 2.38 bits per heavy atom. The van der Waals surface area contributed by atoms with Crippen molar-refractivity contribution >= 4 is 22.8 Å². The van der Waals surface area contributed by atoms with Crippen LogP contribution in [0.2, 0.25) is 0 Å². The third-order valence-corrected chi connectivity index (χ3v) is 4.28. The van der Waals surface area contributed by atoms with Crippen molar-refractivity contribution in [3.05, 3.63) is 54.4 Å². The summed E-state index contributed by atoms with van der Waals surface area (Å²) in [5, 5.41) is 20.0. The number of urea groups is 1. The first-order valence-electron chi connectivity index (χ1n) is 10.2. The van der Waals surface area contributed by atoms with Gasteiger partial charge in [0.15, 0.2) is 0 Å². The molecule has 0 radical (unpaired) electrons. The maximum Gasteiger partial charge on any atom is 0.320 e. The van der Waals surface area contributed by atoms with Gasteiger partial charge in [0, 0.05) is 25.1 Å². The zero-order valence-corrected chi connectivity index (χ0v) is 17.3. The van der Waals surface area contributed by atoms with Crippen molar-refractivity contribution in [1.29, 1.82) is 0 Å². The molecule has 0 unspecified atom stereocenters. The van der Waals surface area contributed by atoms with E-state index >= 15 is 0 Å². The Morgan fingerprint density at radius 1 is 1.10 bits per heavy atom. The molecule has 3 N–H and O–H groups in total. The monoisotopic (exact) mass is 397 g/mol. The van der Waals surface area contributed by atoms with Gasteiger partial charge < -0.3 is 10.4 Å². The molecule has 0 aliphatic carbocycles. The molecule has 0 aliphatic heterocycles. The van der Waals surface area contributed by atoms with E-state index in [1.165, 1.54) is 0 Å². The summed E-state index contributed by atoms with van der Waals surface area (Å²) in [6.07, 6.45) is 5.04. The van der Waals surface area contributed by atoms with Crippen LogP contribution in [0.4, 0.5) is 10.6 Å². The van der Waals surface area contributed by atoms with E-state index in [-0.39, 0.29) is 12.6 Å². The number of aliphatic hydroxyl groups is 1. The first-order chi connectivity index (χ1) is 14.2. The molecule has 3 rings (SSSR count). The minimum Gasteiger partial charge on any atom is -0.396 e. The lowest BCUT2D eigenvalue weighted by Gasteiger charge is -2.10. The average molecular weight is 398 g/mol. The van der Waals surface area contributed by atoms with Crippen LogP contribution in [0.25, 0.3) is 10.9 Å². The number of fused-ring (bicyclic) bond motifs is 1. The topological polar surface area (TPSA) is 92.1 Å². The van der Waals surface area contributed by atoms with Gasteiger partial charge in [-0.3, -0.25) is 10.00 Å². The van der Waals surface area contributed by atoms with Crippen LogP contribution >= 0.6 is 0 Å². The van der Waals surface area contributed by atoms with Crippen LogP contribution in [0, 0.1) is 0 Å². The Bertz CT molecular complexity index is 838. The van der Waals surface area contributed by atoms with E-state index in [1.807, 2.05) is 54.1 Å². The van der Waals surface area contributed by atoms with Crippen molar-refractivity contribution < 1.29 is 9.90 Å². The molecule has 0 bridgehead atoms. The van der Waals surface area contributed by atoms with Gasteiger partial charge in [0.05, 0.1) is 17.4 Å². The Balaban J connectivity index is 0.000000426. The van der Waals surface area contributed by atoms with Crippen molar-refractivity contribution in [2.24, 2.45) is 0 Å². The minimum atomic E-state index is -0.249. The first kappa shape index (κ1) is 22.4. The van der Waals surface area contributed by atoms with E-state index in [2.05, 4.69) is 27.6 Å². The summed E-state index contributed by atoms with van der Waals surface area (Å²) in [5.41, 5.74) is 1.82. The van der Waals surface area contributed by atoms with Gasteiger partial charge in [-0.15, -0.1) is 0 Å². The molecule has 0 aliphatic rings. The number of carbonyl (C=O) groups excluding carboxylic acids is 1. The van der Waals surface area contributed by atoms with Gasteiger partial charge in [-0.2, -0.15) is 5.10 Å². The number of benzene rings is 1. The zero-order chi connectivity index (χ0) is 20.9. The number of carbonyl (C=O) groups is 1. The van der Waals surface area contributed by atoms with E-state index in [0.29, 0.717) is 25.2 Å². The molecular formula is C22H31N5O2. The molecule has 0 fully saturated rings. The molecule has 3 aromatic rings. The molecule has 2 amide bonds. The Hall–Kier alpha value is -2.93. The van der Waals surface area contributed by atoms with E-state index in [0.717, 1.165) is 36.0 Å². The fourth-order valence-electron chi connectivity index (χ4n) is 2.85. The van der Waals surface area contributed by atoms with Crippen LogP contribution in [0.15, 0.2) is 48.7 Å². The number of nitrogens with one attached hydrogen (secondary N) is 2. The third-order valence-electron chi connectivity index (χ3n) is 4.28. The Morgan fingerprint density at radius 2 is 1.79 bits per heavy atom. The predicted molar refractivity (Wildman–Crippen MR) is 117 cm³/mol. The maximum absolute atomic E-state index is 11.9. The number of hydrogen-bond donors (Lipinski definition) is 3. The fourth-order valence-corrected chi connectivity index (χ4v) is 2.85. The molecule has 2 heterocycles. The van der Waals surface area contributed by atoms with Gasteiger partial charge in [-0.25, -0.2) is 9.78 Å². The average Bonchev–Trinajstić information content (AvgIpc) is 3.17. The molecule has 7 heteroatoms. The predicted octanol–water partition coefficient (Wildman–Crippen LogP) is 3.98. The molecule has 1 aromatic carbocycles. The highest BCUT2D eigenvalue weighted by Crippen LogP contribution is 2.22.